The molecule has 0 atom stereocenters. The van der Waals surface area contributed by atoms with Gasteiger partial charge in [-0.2, -0.15) is 0 Å². The van der Waals surface area contributed by atoms with Crippen LogP contribution in [0.2, 0.25) is 0 Å². The van der Waals surface area contributed by atoms with Gasteiger partial charge in [0.05, 0.1) is 30.6 Å². The van der Waals surface area contributed by atoms with Crippen LogP contribution < -0.4 is 5.73 Å². The van der Waals surface area contributed by atoms with Gasteiger partial charge in [-0.05, 0) is 6.07 Å². The van der Waals surface area contributed by atoms with E-state index in [1.807, 2.05) is 0 Å². The van der Waals surface area contributed by atoms with Crippen LogP contribution in [0.1, 0.15) is 23.4 Å². The van der Waals surface area contributed by atoms with Gasteiger partial charge in [0.2, 0.25) is 0 Å². The Morgan fingerprint density at radius 3 is 2.71 bits per heavy atom. The first-order valence-electron chi connectivity index (χ1n) is 4.68. The van der Waals surface area contributed by atoms with Gasteiger partial charge in [0.1, 0.15) is 0 Å². The zero-order valence-corrected chi connectivity index (χ0v) is 10.6. The molecule has 7 heteroatoms. The topological polar surface area (TPSA) is 65.2 Å². The normalized spacial score (nSPS) is 10.6. The summed E-state index contributed by atoms with van der Waals surface area (Å²) in [5, 5.41) is 0.168. The van der Waals surface area contributed by atoms with Crippen molar-refractivity contribution in [3.63, 3.8) is 0 Å². The van der Waals surface area contributed by atoms with Gasteiger partial charge in [-0.15, -0.1) is 0 Å². The second-order valence-corrected chi connectivity index (χ2v) is 3.81. The summed E-state index contributed by atoms with van der Waals surface area (Å²) < 4.78 is 29.8. The predicted molar refractivity (Wildman–Crippen MR) is 62.0 cm³/mol. The molecule has 0 fully saturated rings. The molecule has 1 aromatic rings. The molecule has 0 saturated carbocycles. The lowest BCUT2D eigenvalue weighted by atomic mass is 10.1. The number of pyridine rings is 1. The maximum atomic E-state index is 12.6. The third-order valence-corrected chi connectivity index (χ3v) is 2.68. The summed E-state index contributed by atoms with van der Waals surface area (Å²) in [5.41, 5.74) is 5.82. The number of nitrogens with zero attached hydrogens (tertiary/aromatic N) is 1. The minimum Gasteiger partial charge on any atom is -0.469 e. The Bertz CT molecular complexity index is 427. The van der Waals surface area contributed by atoms with Crippen molar-refractivity contribution in [2.24, 2.45) is 0 Å². The van der Waals surface area contributed by atoms with Crippen LogP contribution in [-0.4, -0.2) is 18.1 Å². The largest absolute Gasteiger partial charge is 0.469 e. The number of carbonyl (C=O) groups is 1. The third-order valence-electron chi connectivity index (χ3n) is 2.15. The molecule has 0 amide bonds. The highest BCUT2D eigenvalue weighted by Gasteiger charge is 2.18. The number of aromatic nitrogens is 1. The number of alkyl halides is 3. The molecule has 0 saturated heterocycles. The second-order valence-electron chi connectivity index (χ2n) is 3.25. The van der Waals surface area contributed by atoms with Crippen molar-refractivity contribution in [3.8, 4) is 0 Å². The van der Waals surface area contributed by atoms with E-state index in [0.29, 0.717) is 0 Å². The zero-order valence-electron chi connectivity index (χ0n) is 9.04. The van der Waals surface area contributed by atoms with Gasteiger partial charge in [-0.3, -0.25) is 9.78 Å². The number of nitrogen functional groups attached to an aromatic ring is 1. The molecule has 0 spiro atoms. The van der Waals surface area contributed by atoms with Crippen molar-refractivity contribution in [1.29, 1.82) is 0 Å². The minimum atomic E-state index is -2.65. The summed E-state index contributed by atoms with van der Waals surface area (Å²) in [6.45, 7) is 0. The molecule has 2 N–H and O–H groups in total. The molecule has 1 rings (SSSR count). The van der Waals surface area contributed by atoms with Crippen LogP contribution in [0, 0.1) is 0 Å². The SMILES string of the molecule is COC(=O)Cc1nc(CBr)c(C(F)F)cc1N. The lowest BCUT2D eigenvalue weighted by molar-refractivity contribution is -0.139. The molecule has 0 bridgehead atoms. The van der Waals surface area contributed by atoms with E-state index >= 15 is 0 Å². The van der Waals surface area contributed by atoms with Crippen molar-refractivity contribution in [2.45, 2.75) is 18.2 Å². The standard InChI is InChI=1S/C10H11BrF2N2O2/c1-17-9(16)3-7-6(14)2-5(10(12)13)8(4-11)15-7/h2,10H,3-4,14H2,1H3. The maximum absolute atomic E-state index is 12.6. The fourth-order valence-corrected chi connectivity index (χ4v) is 1.72. The van der Waals surface area contributed by atoms with Crippen molar-refractivity contribution >= 4 is 27.6 Å². The Morgan fingerprint density at radius 2 is 2.24 bits per heavy atom. The fraction of sp³-hybridized carbons (Fsp3) is 0.400. The van der Waals surface area contributed by atoms with Crippen molar-refractivity contribution in [1.82, 2.24) is 4.98 Å². The molecule has 0 unspecified atom stereocenters. The van der Waals surface area contributed by atoms with Crippen molar-refractivity contribution in [3.05, 3.63) is 23.0 Å². The second kappa shape index (κ2) is 5.90. The van der Waals surface area contributed by atoms with Crippen LogP contribution in [-0.2, 0) is 21.3 Å². The van der Waals surface area contributed by atoms with E-state index in [4.69, 9.17) is 5.73 Å². The van der Waals surface area contributed by atoms with Crippen LogP contribution in [0.3, 0.4) is 0 Å². The van der Waals surface area contributed by atoms with Gasteiger partial charge in [-0.25, -0.2) is 8.78 Å². The number of halogens is 3. The van der Waals surface area contributed by atoms with Crippen LogP contribution in [0.5, 0.6) is 0 Å². The lowest BCUT2D eigenvalue weighted by Gasteiger charge is -2.10. The lowest BCUT2D eigenvalue weighted by Crippen LogP contribution is -2.11. The molecule has 94 valence electrons. The van der Waals surface area contributed by atoms with Gasteiger partial charge in [0.25, 0.3) is 6.43 Å². The maximum Gasteiger partial charge on any atom is 0.311 e. The Balaban J connectivity index is 3.13. The number of anilines is 1. The first-order chi connectivity index (χ1) is 7.99. The Morgan fingerprint density at radius 1 is 1.59 bits per heavy atom. The number of methoxy groups -OCH3 is 1. The van der Waals surface area contributed by atoms with E-state index in [9.17, 15) is 13.6 Å². The van der Waals surface area contributed by atoms with E-state index in [2.05, 4.69) is 25.7 Å². The number of esters is 1. The number of ether oxygens (including phenoxy) is 1. The molecule has 4 nitrogen and oxygen atoms in total. The monoisotopic (exact) mass is 308 g/mol. The van der Waals surface area contributed by atoms with Gasteiger partial charge >= 0.3 is 5.97 Å². The molecule has 17 heavy (non-hydrogen) atoms. The Hall–Kier alpha value is -1.24. The smallest absolute Gasteiger partial charge is 0.311 e. The summed E-state index contributed by atoms with van der Waals surface area (Å²) in [5.74, 6) is -0.519. The highest BCUT2D eigenvalue weighted by Crippen LogP contribution is 2.27. The molecular weight excluding hydrogens is 298 g/mol. The zero-order chi connectivity index (χ0) is 13.0. The van der Waals surface area contributed by atoms with Crippen LogP contribution in [0.25, 0.3) is 0 Å². The predicted octanol–water partition coefficient (Wildman–Crippen LogP) is 2.21. The van der Waals surface area contributed by atoms with Crippen molar-refractivity contribution < 1.29 is 18.3 Å². The van der Waals surface area contributed by atoms with Gasteiger partial charge in [0.15, 0.2) is 0 Å². The van der Waals surface area contributed by atoms with E-state index < -0.39 is 12.4 Å². The molecule has 1 heterocycles. The minimum absolute atomic E-state index is 0.0652. The van der Waals surface area contributed by atoms with E-state index in [1.165, 1.54) is 7.11 Å². The molecule has 0 aliphatic rings. The highest BCUT2D eigenvalue weighted by molar-refractivity contribution is 9.08. The molecular formula is C10H11BrF2N2O2. The molecule has 1 aromatic heterocycles. The van der Waals surface area contributed by atoms with Crippen LogP contribution >= 0.6 is 15.9 Å². The van der Waals surface area contributed by atoms with Gasteiger partial charge in [0, 0.05) is 10.9 Å². The molecule has 0 aliphatic heterocycles. The Labute approximate surface area is 105 Å². The number of hydrogen-bond donors (Lipinski definition) is 1. The summed E-state index contributed by atoms with van der Waals surface area (Å²) in [6.07, 6.45) is -2.78. The summed E-state index contributed by atoms with van der Waals surface area (Å²) in [4.78, 5) is 15.0. The summed E-state index contributed by atoms with van der Waals surface area (Å²) >= 11 is 3.07. The average molecular weight is 309 g/mol. The number of hydrogen-bond acceptors (Lipinski definition) is 4. The van der Waals surface area contributed by atoms with Gasteiger partial charge < -0.3 is 10.5 Å². The molecule has 0 aliphatic carbocycles. The van der Waals surface area contributed by atoms with Crippen molar-refractivity contribution in [2.75, 3.05) is 12.8 Å². The van der Waals surface area contributed by atoms with E-state index in [1.54, 1.807) is 0 Å². The molecule has 0 radical (unpaired) electrons. The quantitative estimate of drug-likeness (QED) is 0.684. The number of rotatable bonds is 4. The fourth-order valence-electron chi connectivity index (χ4n) is 1.27. The van der Waals surface area contributed by atoms with Crippen LogP contribution in [0.4, 0.5) is 14.5 Å². The average Bonchev–Trinajstić information content (AvgIpc) is 2.30. The van der Waals surface area contributed by atoms with E-state index in [0.717, 1.165) is 6.07 Å². The van der Waals surface area contributed by atoms with Crippen LogP contribution in [0.15, 0.2) is 6.07 Å². The molecule has 0 aromatic carbocycles. The number of nitrogens with two attached hydrogens (primary N) is 1. The summed E-state index contributed by atoms with van der Waals surface area (Å²) in [7, 11) is 1.23. The Kier molecular flexibility index (Phi) is 4.80. The number of carbonyl (C=O) groups excluding carboxylic acids is 1. The third kappa shape index (κ3) is 3.36. The first kappa shape index (κ1) is 13.8. The van der Waals surface area contributed by atoms with Gasteiger partial charge in [-0.1, -0.05) is 15.9 Å². The van der Waals surface area contributed by atoms with E-state index in [-0.39, 0.29) is 34.4 Å². The highest BCUT2D eigenvalue weighted by atomic mass is 79.9. The first-order valence-corrected chi connectivity index (χ1v) is 5.80. The summed E-state index contributed by atoms with van der Waals surface area (Å²) in [6, 6.07) is 1.15.